The zero-order chi connectivity index (χ0) is 9.84. The Morgan fingerprint density at radius 2 is 2.23 bits per heavy atom. The maximum atomic E-state index is 9.55. The van der Waals surface area contributed by atoms with Crippen molar-refractivity contribution in [1.29, 1.82) is 0 Å². The first-order chi connectivity index (χ1) is 6.15. The van der Waals surface area contributed by atoms with E-state index in [4.69, 9.17) is 16.3 Å². The van der Waals surface area contributed by atoms with E-state index in [9.17, 15) is 5.11 Å². The van der Waals surface area contributed by atoms with Crippen LogP contribution in [0.4, 0.5) is 0 Å². The maximum Gasteiger partial charge on any atom is 0.102 e. The van der Waals surface area contributed by atoms with Crippen LogP contribution in [0.5, 0.6) is 0 Å². The quantitative estimate of drug-likeness (QED) is 0.812. The van der Waals surface area contributed by atoms with Gasteiger partial charge in [-0.2, -0.15) is 0 Å². The second-order valence-electron chi connectivity index (χ2n) is 2.98. The van der Waals surface area contributed by atoms with Crippen LogP contribution in [0.2, 0.25) is 5.02 Å². The summed E-state index contributed by atoms with van der Waals surface area (Å²) in [4.78, 5) is 0. The number of halogens is 1. The summed E-state index contributed by atoms with van der Waals surface area (Å²) in [6, 6.07) is 5.50. The smallest absolute Gasteiger partial charge is 0.102 e. The van der Waals surface area contributed by atoms with E-state index in [0.29, 0.717) is 11.6 Å². The van der Waals surface area contributed by atoms with E-state index >= 15 is 0 Å². The van der Waals surface area contributed by atoms with Crippen LogP contribution in [0.15, 0.2) is 18.2 Å². The third kappa shape index (κ3) is 2.69. The summed E-state index contributed by atoms with van der Waals surface area (Å²) < 4.78 is 4.84. The molecule has 0 saturated heterocycles. The first-order valence-electron chi connectivity index (χ1n) is 4.08. The number of ether oxygens (including phenoxy) is 1. The Balaban J connectivity index is 2.84. The van der Waals surface area contributed by atoms with Gasteiger partial charge >= 0.3 is 0 Å². The van der Waals surface area contributed by atoms with Crippen molar-refractivity contribution < 1.29 is 9.84 Å². The molecule has 0 saturated carbocycles. The molecule has 0 bridgehead atoms. The van der Waals surface area contributed by atoms with Gasteiger partial charge in [-0.1, -0.05) is 23.7 Å². The highest BCUT2D eigenvalue weighted by Crippen LogP contribution is 2.21. The van der Waals surface area contributed by atoms with Crippen molar-refractivity contribution >= 4 is 11.6 Å². The molecule has 0 fully saturated rings. The van der Waals surface area contributed by atoms with E-state index in [1.165, 1.54) is 0 Å². The Morgan fingerprint density at radius 1 is 1.54 bits per heavy atom. The van der Waals surface area contributed by atoms with Crippen molar-refractivity contribution in [3.63, 3.8) is 0 Å². The minimum absolute atomic E-state index is 0.291. The lowest BCUT2D eigenvalue weighted by atomic mass is 10.1. The lowest BCUT2D eigenvalue weighted by Crippen LogP contribution is -2.04. The van der Waals surface area contributed by atoms with Crippen LogP contribution >= 0.6 is 11.6 Å². The molecule has 2 nitrogen and oxygen atoms in total. The van der Waals surface area contributed by atoms with Gasteiger partial charge in [-0.3, -0.25) is 0 Å². The number of aryl methyl sites for hydroxylation is 1. The molecular weight excluding hydrogens is 188 g/mol. The molecule has 1 atom stereocenters. The third-order valence-corrected chi connectivity index (χ3v) is 2.31. The van der Waals surface area contributed by atoms with Gasteiger partial charge in [0.2, 0.25) is 0 Å². The van der Waals surface area contributed by atoms with Gasteiger partial charge in [0.25, 0.3) is 0 Å². The van der Waals surface area contributed by atoms with Gasteiger partial charge in [0.05, 0.1) is 6.61 Å². The molecule has 0 aromatic heterocycles. The van der Waals surface area contributed by atoms with E-state index in [2.05, 4.69) is 0 Å². The van der Waals surface area contributed by atoms with Crippen molar-refractivity contribution in [2.75, 3.05) is 13.7 Å². The summed E-state index contributed by atoms with van der Waals surface area (Å²) in [5.41, 5.74) is 1.80. The molecule has 1 aromatic rings. The van der Waals surface area contributed by atoms with Crippen LogP contribution in [-0.2, 0) is 4.74 Å². The molecule has 0 aliphatic heterocycles. The van der Waals surface area contributed by atoms with Crippen molar-refractivity contribution in [3.05, 3.63) is 34.3 Å². The number of rotatable bonds is 3. The lowest BCUT2D eigenvalue weighted by molar-refractivity contribution is 0.0644. The second kappa shape index (κ2) is 4.61. The number of hydrogen-bond donors (Lipinski definition) is 1. The maximum absolute atomic E-state index is 9.55. The highest BCUT2D eigenvalue weighted by molar-refractivity contribution is 6.31. The number of benzene rings is 1. The summed E-state index contributed by atoms with van der Waals surface area (Å²) in [7, 11) is 1.55. The summed E-state index contributed by atoms with van der Waals surface area (Å²) >= 11 is 5.91. The van der Waals surface area contributed by atoms with Gasteiger partial charge in [-0.05, 0) is 24.1 Å². The molecule has 0 aliphatic rings. The van der Waals surface area contributed by atoms with Gasteiger partial charge in [0, 0.05) is 12.1 Å². The molecule has 72 valence electrons. The van der Waals surface area contributed by atoms with Gasteiger partial charge in [-0.25, -0.2) is 0 Å². The molecule has 0 amide bonds. The molecular formula is C10H13ClO2. The zero-order valence-corrected chi connectivity index (χ0v) is 8.51. The minimum Gasteiger partial charge on any atom is -0.386 e. The van der Waals surface area contributed by atoms with Crippen molar-refractivity contribution in [2.24, 2.45) is 0 Å². The fraction of sp³-hybridized carbons (Fsp3) is 0.400. The van der Waals surface area contributed by atoms with Crippen LogP contribution in [0.3, 0.4) is 0 Å². The first kappa shape index (κ1) is 10.5. The van der Waals surface area contributed by atoms with Crippen molar-refractivity contribution in [1.82, 2.24) is 0 Å². The highest BCUT2D eigenvalue weighted by Gasteiger charge is 2.07. The monoisotopic (exact) mass is 200 g/mol. The van der Waals surface area contributed by atoms with E-state index in [0.717, 1.165) is 11.1 Å². The SMILES string of the molecule is COCC(O)c1ccc(C)c(Cl)c1. The Hall–Kier alpha value is -0.570. The molecule has 0 aliphatic carbocycles. The normalized spacial score (nSPS) is 12.9. The van der Waals surface area contributed by atoms with Crippen LogP contribution in [0.1, 0.15) is 17.2 Å². The summed E-state index contributed by atoms with van der Waals surface area (Å²) in [6.07, 6.45) is -0.594. The van der Waals surface area contributed by atoms with E-state index in [1.54, 1.807) is 13.2 Å². The molecule has 0 radical (unpaired) electrons. The van der Waals surface area contributed by atoms with Gasteiger partial charge in [0.1, 0.15) is 6.10 Å². The number of methoxy groups -OCH3 is 1. The fourth-order valence-electron chi connectivity index (χ4n) is 1.07. The molecule has 3 heteroatoms. The van der Waals surface area contributed by atoms with Crippen molar-refractivity contribution in [2.45, 2.75) is 13.0 Å². The summed E-state index contributed by atoms with van der Waals surface area (Å²) in [6.45, 7) is 2.22. The molecule has 13 heavy (non-hydrogen) atoms. The van der Waals surface area contributed by atoms with E-state index in [-0.39, 0.29) is 0 Å². The molecule has 0 heterocycles. The second-order valence-corrected chi connectivity index (χ2v) is 3.39. The fourth-order valence-corrected chi connectivity index (χ4v) is 1.26. The lowest BCUT2D eigenvalue weighted by Gasteiger charge is -2.10. The molecule has 1 aromatic carbocycles. The Labute approximate surface area is 83.1 Å². The molecule has 1 rings (SSSR count). The van der Waals surface area contributed by atoms with Crippen LogP contribution in [0.25, 0.3) is 0 Å². The Bertz CT molecular complexity index is 286. The Kier molecular flexibility index (Phi) is 3.72. The number of aliphatic hydroxyl groups excluding tert-OH is 1. The van der Waals surface area contributed by atoms with E-state index in [1.807, 2.05) is 19.1 Å². The van der Waals surface area contributed by atoms with E-state index < -0.39 is 6.10 Å². The molecule has 0 spiro atoms. The summed E-state index contributed by atoms with van der Waals surface area (Å²) in [5, 5.41) is 10.2. The first-order valence-corrected chi connectivity index (χ1v) is 4.46. The summed E-state index contributed by atoms with van der Waals surface area (Å²) in [5.74, 6) is 0. The van der Waals surface area contributed by atoms with Crippen molar-refractivity contribution in [3.8, 4) is 0 Å². The van der Waals surface area contributed by atoms with Crippen LogP contribution < -0.4 is 0 Å². The predicted molar refractivity (Wildman–Crippen MR) is 53.0 cm³/mol. The third-order valence-electron chi connectivity index (χ3n) is 1.91. The van der Waals surface area contributed by atoms with Crippen LogP contribution in [0, 0.1) is 6.92 Å². The number of hydrogen-bond acceptors (Lipinski definition) is 2. The number of aliphatic hydroxyl groups is 1. The highest BCUT2D eigenvalue weighted by atomic mass is 35.5. The Morgan fingerprint density at radius 3 is 2.77 bits per heavy atom. The van der Waals surface area contributed by atoms with Gasteiger partial charge < -0.3 is 9.84 Å². The topological polar surface area (TPSA) is 29.5 Å². The minimum atomic E-state index is -0.594. The predicted octanol–water partition coefficient (Wildman–Crippen LogP) is 2.33. The average Bonchev–Trinajstić information content (AvgIpc) is 2.10. The van der Waals surface area contributed by atoms with Gasteiger partial charge in [0.15, 0.2) is 0 Å². The standard InChI is InChI=1S/C10H13ClO2/c1-7-3-4-8(5-9(7)11)10(12)6-13-2/h3-5,10,12H,6H2,1-2H3. The average molecular weight is 201 g/mol. The largest absolute Gasteiger partial charge is 0.386 e. The molecule has 1 N–H and O–H groups in total. The van der Waals surface area contributed by atoms with Crippen LogP contribution in [-0.4, -0.2) is 18.8 Å². The van der Waals surface area contributed by atoms with Gasteiger partial charge in [-0.15, -0.1) is 0 Å². The zero-order valence-electron chi connectivity index (χ0n) is 7.75. The molecule has 1 unspecified atom stereocenters.